The number of anilines is 1. The fraction of sp³-hybridized carbons (Fsp3) is 0.200. The van der Waals surface area contributed by atoms with Crippen molar-refractivity contribution in [2.45, 2.75) is 6.42 Å². The quantitative estimate of drug-likeness (QED) is 0.477. The Kier molecular flexibility index (Phi) is 4.60. The predicted octanol–water partition coefficient (Wildman–Crippen LogP) is 3.71. The molecule has 0 aliphatic rings. The molecule has 0 aliphatic heterocycles. The molecule has 0 aliphatic carbocycles. The first kappa shape index (κ1) is 11.7. The number of rotatable bonds is 1. The van der Waals surface area contributed by atoms with Gasteiger partial charge in [-0.3, -0.25) is 0 Å². The van der Waals surface area contributed by atoms with Crippen molar-refractivity contribution in [2.75, 3.05) is 11.1 Å². The van der Waals surface area contributed by atoms with Crippen LogP contribution in [0.3, 0.4) is 0 Å². The molecule has 1 aromatic rings. The van der Waals surface area contributed by atoms with E-state index in [1.807, 2.05) is 0 Å². The normalized spacial score (nSPS) is 9.36. The average Bonchev–Trinajstić information content (AvgIpc) is 2.18. The zero-order chi connectivity index (χ0) is 10.6. The smallest absolute Gasteiger partial charge is 0.0834 e. The summed E-state index contributed by atoms with van der Waals surface area (Å²) in [5.74, 6) is 5.89. The van der Waals surface area contributed by atoms with E-state index in [1.165, 1.54) is 0 Å². The maximum Gasteiger partial charge on any atom is 0.0834 e. The highest BCUT2D eigenvalue weighted by Gasteiger charge is 2.05. The summed E-state index contributed by atoms with van der Waals surface area (Å²) in [6.07, 6.45) is 0.776. The molecule has 0 unspecified atom stereocenters. The van der Waals surface area contributed by atoms with Crippen LogP contribution >= 0.6 is 39.1 Å². The van der Waals surface area contributed by atoms with Gasteiger partial charge in [0.1, 0.15) is 0 Å². The van der Waals surface area contributed by atoms with E-state index in [0.29, 0.717) is 21.3 Å². The highest BCUT2D eigenvalue weighted by atomic mass is 79.9. The molecule has 0 heterocycles. The molecule has 0 radical (unpaired) electrons. The molecule has 74 valence electrons. The second-order valence-electron chi connectivity index (χ2n) is 2.57. The lowest BCUT2D eigenvalue weighted by atomic mass is 10.2. The maximum absolute atomic E-state index is 5.95. The lowest BCUT2D eigenvalue weighted by Crippen LogP contribution is -1.88. The molecule has 1 nitrogen and oxygen atoms in total. The van der Waals surface area contributed by atoms with Crippen LogP contribution in [0.1, 0.15) is 12.0 Å². The molecular weight excluding hydrogens is 285 g/mol. The molecule has 0 bridgehead atoms. The molecule has 14 heavy (non-hydrogen) atoms. The SMILES string of the molecule is Nc1ccc(C#CCCBr)c(Cl)c1Cl. The van der Waals surface area contributed by atoms with E-state index in [2.05, 4.69) is 27.8 Å². The Morgan fingerprint density at radius 3 is 2.64 bits per heavy atom. The lowest BCUT2D eigenvalue weighted by molar-refractivity contribution is 1.32. The number of halogens is 3. The van der Waals surface area contributed by atoms with Crippen molar-refractivity contribution < 1.29 is 0 Å². The number of hydrogen-bond donors (Lipinski definition) is 1. The van der Waals surface area contributed by atoms with Crippen LogP contribution in [0.5, 0.6) is 0 Å². The summed E-state index contributed by atoms with van der Waals surface area (Å²) < 4.78 is 0. The average molecular weight is 293 g/mol. The molecule has 0 saturated heterocycles. The van der Waals surface area contributed by atoms with Gasteiger partial charge in [0.05, 0.1) is 15.7 Å². The van der Waals surface area contributed by atoms with Crippen molar-refractivity contribution in [1.29, 1.82) is 0 Å². The summed E-state index contributed by atoms with van der Waals surface area (Å²) in [6.45, 7) is 0. The van der Waals surface area contributed by atoms with Crippen LogP contribution in [-0.4, -0.2) is 5.33 Å². The van der Waals surface area contributed by atoms with Crippen LogP contribution in [-0.2, 0) is 0 Å². The standard InChI is InChI=1S/C10H8BrCl2N/c11-6-2-1-3-7-4-5-8(14)10(13)9(7)12/h4-5H,2,6,14H2. The van der Waals surface area contributed by atoms with E-state index < -0.39 is 0 Å². The van der Waals surface area contributed by atoms with Crippen molar-refractivity contribution in [3.63, 3.8) is 0 Å². The topological polar surface area (TPSA) is 26.0 Å². The number of hydrogen-bond acceptors (Lipinski definition) is 1. The Labute approximate surface area is 102 Å². The van der Waals surface area contributed by atoms with Gasteiger partial charge in [-0.2, -0.15) is 0 Å². The lowest BCUT2D eigenvalue weighted by Gasteiger charge is -2.01. The number of benzene rings is 1. The third-order valence-corrected chi connectivity index (χ3v) is 2.85. The maximum atomic E-state index is 5.95. The summed E-state index contributed by atoms with van der Waals surface area (Å²) in [7, 11) is 0. The molecule has 0 amide bonds. The van der Waals surface area contributed by atoms with Gasteiger partial charge < -0.3 is 5.73 Å². The zero-order valence-corrected chi connectivity index (χ0v) is 10.4. The molecular formula is C10H8BrCl2N. The summed E-state index contributed by atoms with van der Waals surface area (Å²) in [5.41, 5.74) is 6.76. The minimum atomic E-state index is 0.373. The molecule has 1 aromatic carbocycles. The summed E-state index contributed by atoms with van der Waals surface area (Å²) in [4.78, 5) is 0. The van der Waals surface area contributed by atoms with Crippen LogP contribution in [0, 0.1) is 11.8 Å². The van der Waals surface area contributed by atoms with Crippen LogP contribution in [0.4, 0.5) is 5.69 Å². The van der Waals surface area contributed by atoms with Crippen LogP contribution < -0.4 is 5.73 Å². The Balaban J connectivity index is 3.02. The number of nitrogen functional groups attached to an aromatic ring is 1. The minimum Gasteiger partial charge on any atom is -0.397 e. The van der Waals surface area contributed by atoms with Crippen molar-refractivity contribution in [1.82, 2.24) is 0 Å². The molecule has 4 heteroatoms. The van der Waals surface area contributed by atoms with Gasteiger partial charge in [0.15, 0.2) is 0 Å². The van der Waals surface area contributed by atoms with Gasteiger partial charge in [-0.1, -0.05) is 51.0 Å². The fourth-order valence-electron chi connectivity index (χ4n) is 0.866. The second kappa shape index (κ2) is 5.50. The predicted molar refractivity (Wildman–Crippen MR) is 66.2 cm³/mol. The summed E-state index contributed by atoms with van der Waals surface area (Å²) >= 11 is 15.1. The Morgan fingerprint density at radius 1 is 1.29 bits per heavy atom. The van der Waals surface area contributed by atoms with E-state index in [0.717, 1.165) is 11.8 Å². The van der Waals surface area contributed by atoms with Gasteiger partial charge >= 0.3 is 0 Å². The Morgan fingerprint density at radius 2 is 2.00 bits per heavy atom. The second-order valence-corrected chi connectivity index (χ2v) is 4.12. The van der Waals surface area contributed by atoms with Gasteiger partial charge in [-0.25, -0.2) is 0 Å². The van der Waals surface area contributed by atoms with E-state index in [-0.39, 0.29) is 0 Å². The molecule has 0 saturated carbocycles. The van der Waals surface area contributed by atoms with Crippen molar-refractivity contribution in [3.8, 4) is 11.8 Å². The largest absolute Gasteiger partial charge is 0.397 e. The fourth-order valence-corrected chi connectivity index (χ4v) is 1.45. The minimum absolute atomic E-state index is 0.373. The Hall–Kier alpha value is -0.360. The first-order valence-corrected chi connectivity index (χ1v) is 5.83. The molecule has 0 aromatic heterocycles. The van der Waals surface area contributed by atoms with Crippen molar-refractivity contribution >= 4 is 44.8 Å². The van der Waals surface area contributed by atoms with Gasteiger partial charge in [0.2, 0.25) is 0 Å². The van der Waals surface area contributed by atoms with Gasteiger partial charge in [-0.05, 0) is 12.1 Å². The molecule has 0 spiro atoms. The highest BCUT2D eigenvalue weighted by Crippen LogP contribution is 2.30. The third-order valence-electron chi connectivity index (χ3n) is 1.55. The van der Waals surface area contributed by atoms with Gasteiger partial charge in [0.25, 0.3) is 0 Å². The highest BCUT2D eigenvalue weighted by molar-refractivity contribution is 9.09. The first-order chi connectivity index (χ1) is 6.66. The zero-order valence-electron chi connectivity index (χ0n) is 7.28. The molecule has 1 rings (SSSR count). The molecule has 0 atom stereocenters. The van der Waals surface area contributed by atoms with Crippen LogP contribution in [0.25, 0.3) is 0 Å². The van der Waals surface area contributed by atoms with E-state index in [4.69, 9.17) is 28.9 Å². The monoisotopic (exact) mass is 291 g/mol. The summed E-state index contributed by atoms with van der Waals surface area (Å²) in [6, 6.07) is 3.47. The van der Waals surface area contributed by atoms with E-state index in [9.17, 15) is 0 Å². The number of alkyl halides is 1. The Bertz CT molecular complexity index is 393. The van der Waals surface area contributed by atoms with E-state index in [1.54, 1.807) is 12.1 Å². The molecule has 0 fully saturated rings. The number of nitrogens with two attached hydrogens (primary N) is 1. The van der Waals surface area contributed by atoms with Gasteiger partial charge in [0, 0.05) is 17.3 Å². The van der Waals surface area contributed by atoms with Gasteiger partial charge in [-0.15, -0.1) is 0 Å². The van der Waals surface area contributed by atoms with E-state index >= 15 is 0 Å². The summed E-state index contributed by atoms with van der Waals surface area (Å²) in [5, 5.41) is 1.64. The van der Waals surface area contributed by atoms with Crippen molar-refractivity contribution in [3.05, 3.63) is 27.7 Å². The first-order valence-electron chi connectivity index (χ1n) is 3.95. The van der Waals surface area contributed by atoms with Crippen LogP contribution in [0.2, 0.25) is 10.0 Å². The molecule has 2 N–H and O–H groups in total. The van der Waals surface area contributed by atoms with Crippen molar-refractivity contribution in [2.24, 2.45) is 0 Å². The van der Waals surface area contributed by atoms with Crippen LogP contribution in [0.15, 0.2) is 12.1 Å². The third kappa shape index (κ3) is 2.81.